The molecule has 33 heavy (non-hydrogen) atoms. The first kappa shape index (κ1) is 24.9. The first-order valence-electron chi connectivity index (χ1n) is 11.1. The van der Waals surface area contributed by atoms with Crippen LogP contribution >= 0.6 is 0 Å². The second-order valence-electron chi connectivity index (χ2n) is 8.35. The summed E-state index contributed by atoms with van der Waals surface area (Å²) in [5, 5.41) is 4.94. The maximum absolute atomic E-state index is 13.6. The molecule has 0 unspecified atom stereocenters. The van der Waals surface area contributed by atoms with Crippen LogP contribution in [0.25, 0.3) is 0 Å². The number of nitrogens with one attached hydrogen (secondary N) is 2. The Morgan fingerprint density at radius 2 is 1.79 bits per heavy atom. The van der Waals surface area contributed by atoms with Crippen molar-refractivity contribution in [3.8, 4) is 0 Å². The minimum absolute atomic E-state index is 0.0938. The summed E-state index contributed by atoms with van der Waals surface area (Å²) in [6, 6.07) is 11.1. The van der Waals surface area contributed by atoms with E-state index < -0.39 is 27.7 Å². The molecular formula is C24H30FN3O4S. The Bertz CT molecular complexity index is 1120. The third-order valence-corrected chi connectivity index (χ3v) is 7.96. The normalized spacial score (nSPS) is 16.9. The van der Waals surface area contributed by atoms with Crippen molar-refractivity contribution in [1.29, 1.82) is 0 Å². The number of benzene rings is 2. The molecule has 0 aromatic heterocycles. The van der Waals surface area contributed by atoms with Gasteiger partial charge in [0.15, 0.2) is 0 Å². The van der Waals surface area contributed by atoms with Gasteiger partial charge in [0.05, 0.1) is 4.90 Å². The molecule has 2 aromatic rings. The fourth-order valence-electron chi connectivity index (χ4n) is 4.02. The van der Waals surface area contributed by atoms with Gasteiger partial charge in [0, 0.05) is 31.2 Å². The molecule has 1 heterocycles. The Hall–Kier alpha value is -2.78. The molecule has 0 spiro atoms. The van der Waals surface area contributed by atoms with Gasteiger partial charge >= 0.3 is 11.8 Å². The van der Waals surface area contributed by atoms with Crippen molar-refractivity contribution in [2.75, 3.05) is 13.1 Å². The number of piperidine rings is 1. The fourth-order valence-corrected chi connectivity index (χ4v) is 6.06. The summed E-state index contributed by atoms with van der Waals surface area (Å²) in [6.45, 7) is 4.14. The van der Waals surface area contributed by atoms with Crippen LogP contribution in [0.3, 0.4) is 0 Å². The van der Waals surface area contributed by atoms with E-state index >= 15 is 0 Å². The molecule has 3 rings (SSSR count). The second-order valence-corrected chi connectivity index (χ2v) is 10.2. The second kappa shape index (κ2) is 10.9. The molecular weight excluding hydrogens is 445 g/mol. The van der Waals surface area contributed by atoms with Crippen LogP contribution < -0.4 is 10.6 Å². The van der Waals surface area contributed by atoms with E-state index in [9.17, 15) is 22.4 Å². The maximum Gasteiger partial charge on any atom is 0.309 e. The van der Waals surface area contributed by atoms with Crippen LogP contribution in [0.4, 0.5) is 4.39 Å². The molecule has 178 valence electrons. The number of aryl methyl sites for hydroxylation is 2. The third kappa shape index (κ3) is 6.17. The van der Waals surface area contributed by atoms with Crippen molar-refractivity contribution in [1.82, 2.24) is 14.9 Å². The Balaban J connectivity index is 1.57. The molecule has 1 saturated heterocycles. The number of hydrogen-bond donors (Lipinski definition) is 2. The molecule has 7 nitrogen and oxygen atoms in total. The van der Waals surface area contributed by atoms with Crippen LogP contribution in [-0.4, -0.2) is 43.7 Å². The van der Waals surface area contributed by atoms with Crippen molar-refractivity contribution in [3.63, 3.8) is 0 Å². The number of carbonyl (C=O) groups excluding carboxylic acids is 2. The summed E-state index contributed by atoms with van der Waals surface area (Å²) >= 11 is 0. The van der Waals surface area contributed by atoms with Crippen molar-refractivity contribution in [3.05, 3.63) is 65.0 Å². The number of halogens is 1. The van der Waals surface area contributed by atoms with Crippen molar-refractivity contribution >= 4 is 21.8 Å². The van der Waals surface area contributed by atoms with Crippen molar-refractivity contribution in [2.24, 2.45) is 0 Å². The highest BCUT2D eigenvalue weighted by Gasteiger charge is 2.34. The van der Waals surface area contributed by atoms with Gasteiger partial charge in [-0.1, -0.05) is 36.8 Å². The molecule has 0 saturated carbocycles. The molecule has 1 aliphatic rings. The molecule has 0 radical (unpaired) electrons. The minimum atomic E-state index is -3.67. The van der Waals surface area contributed by atoms with Crippen LogP contribution in [0.15, 0.2) is 47.4 Å². The number of sulfonamides is 1. The number of amides is 2. The summed E-state index contributed by atoms with van der Waals surface area (Å²) in [5.41, 5.74) is 1.86. The van der Waals surface area contributed by atoms with E-state index in [1.54, 1.807) is 31.2 Å². The van der Waals surface area contributed by atoms with Gasteiger partial charge < -0.3 is 10.6 Å². The van der Waals surface area contributed by atoms with Gasteiger partial charge in [-0.15, -0.1) is 0 Å². The smallest absolute Gasteiger partial charge is 0.309 e. The molecule has 2 aromatic carbocycles. The van der Waals surface area contributed by atoms with Gasteiger partial charge in [0.1, 0.15) is 5.82 Å². The van der Waals surface area contributed by atoms with E-state index in [0.29, 0.717) is 29.8 Å². The Morgan fingerprint density at radius 3 is 2.55 bits per heavy atom. The largest absolute Gasteiger partial charge is 0.348 e. The van der Waals surface area contributed by atoms with Gasteiger partial charge in [-0.25, -0.2) is 12.8 Å². The van der Waals surface area contributed by atoms with Crippen molar-refractivity contribution < 1.29 is 22.4 Å². The van der Waals surface area contributed by atoms with Gasteiger partial charge in [0.25, 0.3) is 0 Å². The Kier molecular flexibility index (Phi) is 8.20. The first-order chi connectivity index (χ1) is 15.7. The zero-order valence-electron chi connectivity index (χ0n) is 18.9. The lowest BCUT2D eigenvalue weighted by molar-refractivity contribution is -0.139. The molecule has 0 bridgehead atoms. The number of rotatable bonds is 7. The predicted octanol–water partition coefficient (Wildman–Crippen LogP) is 2.81. The van der Waals surface area contributed by atoms with E-state index in [0.717, 1.165) is 18.4 Å². The molecule has 1 fully saturated rings. The highest BCUT2D eigenvalue weighted by atomic mass is 32.2. The number of hydrogen-bond acceptors (Lipinski definition) is 4. The minimum Gasteiger partial charge on any atom is -0.348 e. The highest BCUT2D eigenvalue weighted by Crippen LogP contribution is 2.29. The zero-order valence-corrected chi connectivity index (χ0v) is 19.8. The quantitative estimate of drug-likeness (QED) is 0.602. The SMILES string of the molecule is Cc1ccc(C)c(S(=O)(=O)N2CCCC[C@@H]2CCNC(=O)C(=O)NCc2ccccc2F)c1. The zero-order chi connectivity index (χ0) is 24.0. The van der Waals surface area contributed by atoms with Gasteiger partial charge in [0.2, 0.25) is 10.0 Å². The maximum atomic E-state index is 13.6. The third-order valence-electron chi connectivity index (χ3n) is 5.87. The molecule has 0 aliphatic carbocycles. The van der Waals surface area contributed by atoms with Gasteiger partial charge in [-0.2, -0.15) is 4.31 Å². The standard InChI is InChI=1S/C24H30FN3O4S/c1-17-10-11-18(2)22(15-17)33(31,32)28-14-6-5-8-20(28)12-13-26-23(29)24(30)27-16-19-7-3-4-9-21(19)25/h3-4,7,9-11,15,20H,5-6,8,12-14,16H2,1-2H3,(H,26,29)(H,27,30)/t20-/m1/s1. The van der Waals surface area contributed by atoms with E-state index in [1.165, 1.54) is 16.4 Å². The Labute approximate surface area is 194 Å². The van der Waals surface area contributed by atoms with E-state index in [-0.39, 0.29) is 24.7 Å². The summed E-state index contributed by atoms with van der Waals surface area (Å²) < 4.78 is 41.9. The summed E-state index contributed by atoms with van der Waals surface area (Å²) in [4.78, 5) is 24.5. The van der Waals surface area contributed by atoms with Crippen LogP contribution in [0.1, 0.15) is 42.4 Å². The Morgan fingerprint density at radius 1 is 1.06 bits per heavy atom. The van der Waals surface area contributed by atoms with E-state index in [2.05, 4.69) is 10.6 Å². The molecule has 1 aliphatic heterocycles. The van der Waals surface area contributed by atoms with Crippen molar-refractivity contribution in [2.45, 2.75) is 57.0 Å². The summed E-state index contributed by atoms with van der Waals surface area (Å²) in [6.07, 6.45) is 2.78. The lowest BCUT2D eigenvalue weighted by Crippen LogP contribution is -2.46. The first-order valence-corrected chi connectivity index (χ1v) is 12.5. The molecule has 1 atom stereocenters. The van der Waals surface area contributed by atoms with Crippen LogP contribution in [0.2, 0.25) is 0 Å². The van der Waals surface area contributed by atoms with E-state index in [4.69, 9.17) is 0 Å². The molecule has 2 amide bonds. The lowest BCUT2D eigenvalue weighted by atomic mass is 10.0. The fraction of sp³-hybridized carbons (Fsp3) is 0.417. The monoisotopic (exact) mass is 475 g/mol. The van der Waals surface area contributed by atoms with E-state index in [1.807, 2.05) is 13.0 Å². The lowest BCUT2D eigenvalue weighted by Gasteiger charge is -2.35. The molecule has 2 N–H and O–H groups in total. The average molecular weight is 476 g/mol. The number of nitrogens with zero attached hydrogens (tertiary/aromatic N) is 1. The van der Waals surface area contributed by atoms with Crippen LogP contribution in [0, 0.1) is 19.7 Å². The molecule has 9 heteroatoms. The van der Waals surface area contributed by atoms with Gasteiger partial charge in [-0.3, -0.25) is 9.59 Å². The van der Waals surface area contributed by atoms with Gasteiger partial charge in [-0.05, 0) is 56.4 Å². The number of carbonyl (C=O) groups is 2. The predicted molar refractivity (Wildman–Crippen MR) is 123 cm³/mol. The average Bonchev–Trinajstić information content (AvgIpc) is 2.80. The topological polar surface area (TPSA) is 95.6 Å². The van der Waals surface area contributed by atoms with Crippen LogP contribution in [0.5, 0.6) is 0 Å². The van der Waals surface area contributed by atoms with Crippen LogP contribution in [-0.2, 0) is 26.2 Å². The highest BCUT2D eigenvalue weighted by molar-refractivity contribution is 7.89. The summed E-state index contributed by atoms with van der Waals surface area (Å²) in [5.74, 6) is -2.14. The summed E-state index contributed by atoms with van der Waals surface area (Å²) in [7, 11) is -3.67.